The molecule has 1 N–H and O–H groups in total. The molecule has 0 fully saturated rings. The minimum atomic E-state index is -0.140. The van der Waals surface area contributed by atoms with Crippen molar-refractivity contribution < 1.29 is 19.1 Å². The van der Waals surface area contributed by atoms with Crippen LogP contribution in [-0.4, -0.2) is 72.6 Å². The molecule has 2 heterocycles. The van der Waals surface area contributed by atoms with Crippen molar-refractivity contribution in [3.63, 3.8) is 0 Å². The predicted octanol–water partition coefficient (Wildman–Crippen LogP) is 3.83. The zero-order valence-corrected chi connectivity index (χ0v) is 21.5. The lowest BCUT2D eigenvalue weighted by Gasteiger charge is -2.35. The number of amides is 2. The fourth-order valence-corrected chi connectivity index (χ4v) is 4.30. The molecule has 35 heavy (non-hydrogen) atoms. The predicted molar refractivity (Wildman–Crippen MR) is 137 cm³/mol. The Labute approximate surface area is 208 Å². The van der Waals surface area contributed by atoms with Crippen LogP contribution in [0, 0.1) is 5.92 Å². The summed E-state index contributed by atoms with van der Waals surface area (Å²) >= 11 is 0. The van der Waals surface area contributed by atoms with E-state index in [0.717, 1.165) is 18.7 Å². The van der Waals surface area contributed by atoms with Crippen molar-refractivity contribution in [1.29, 1.82) is 0 Å². The van der Waals surface area contributed by atoms with Crippen molar-refractivity contribution in [1.82, 2.24) is 14.8 Å². The highest BCUT2D eigenvalue weighted by Crippen LogP contribution is 2.27. The smallest absolute Gasteiger partial charge is 0.257 e. The van der Waals surface area contributed by atoms with E-state index < -0.39 is 0 Å². The molecule has 1 aliphatic heterocycles. The van der Waals surface area contributed by atoms with Crippen LogP contribution < -0.4 is 10.1 Å². The van der Waals surface area contributed by atoms with Gasteiger partial charge in [0.1, 0.15) is 12.4 Å². The molecule has 0 bridgehead atoms. The fourth-order valence-electron chi connectivity index (χ4n) is 4.30. The van der Waals surface area contributed by atoms with Gasteiger partial charge in [0.25, 0.3) is 5.91 Å². The third-order valence-electron chi connectivity index (χ3n) is 6.43. The van der Waals surface area contributed by atoms with Crippen LogP contribution >= 0.6 is 0 Å². The molecular weight excluding hydrogens is 444 g/mol. The Bertz CT molecular complexity index is 984. The Morgan fingerprint density at radius 3 is 2.71 bits per heavy atom. The van der Waals surface area contributed by atoms with Crippen LogP contribution in [0.25, 0.3) is 0 Å². The molecule has 0 aliphatic carbocycles. The van der Waals surface area contributed by atoms with Crippen LogP contribution in [0.4, 0.5) is 5.69 Å². The fraction of sp³-hybridized carbons (Fsp3) is 0.519. The number of nitrogens with one attached hydrogen (secondary N) is 1. The number of likely N-dealkylation sites (N-methyl/N-ethyl adjacent to an activating group) is 1. The topological polar surface area (TPSA) is 84.0 Å². The van der Waals surface area contributed by atoms with Gasteiger partial charge in [0, 0.05) is 64.2 Å². The molecule has 8 heteroatoms. The molecule has 1 aromatic heterocycles. The summed E-state index contributed by atoms with van der Waals surface area (Å²) in [6.07, 6.45) is 2.88. The van der Waals surface area contributed by atoms with Gasteiger partial charge in [-0.1, -0.05) is 19.9 Å². The number of ether oxygens (including phenoxy) is 2. The SMILES string of the molecule is CCCC(=O)Nc1ccc2c(c1)OC[C@H](C)N(Cc1ccccn1)C[C@@H](C)[C@H](OC)CN(C)C2=O. The van der Waals surface area contributed by atoms with Gasteiger partial charge >= 0.3 is 0 Å². The Morgan fingerprint density at radius 2 is 2.03 bits per heavy atom. The van der Waals surface area contributed by atoms with Crippen LogP contribution in [0.15, 0.2) is 42.6 Å². The monoisotopic (exact) mass is 482 g/mol. The first-order valence-corrected chi connectivity index (χ1v) is 12.3. The van der Waals surface area contributed by atoms with Crippen molar-refractivity contribution in [3.05, 3.63) is 53.9 Å². The second-order valence-corrected chi connectivity index (χ2v) is 9.36. The number of methoxy groups -OCH3 is 1. The zero-order chi connectivity index (χ0) is 25.4. The Morgan fingerprint density at radius 1 is 1.23 bits per heavy atom. The highest BCUT2D eigenvalue weighted by molar-refractivity contribution is 5.98. The molecule has 0 saturated heterocycles. The van der Waals surface area contributed by atoms with Crippen molar-refractivity contribution in [2.45, 2.75) is 52.3 Å². The van der Waals surface area contributed by atoms with Crippen molar-refractivity contribution in [3.8, 4) is 5.75 Å². The first-order chi connectivity index (χ1) is 16.8. The summed E-state index contributed by atoms with van der Waals surface area (Å²) in [5.41, 5.74) is 2.07. The zero-order valence-electron chi connectivity index (χ0n) is 21.5. The molecular formula is C27H38N4O4. The molecule has 0 unspecified atom stereocenters. The third-order valence-corrected chi connectivity index (χ3v) is 6.43. The van der Waals surface area contributed by atoms with Gasteiger partial charge in [0.05, 0.1) is 17.4 Å². The van der Waals surface area contributed by atoms with E-state index in [1.165, 1.54) is 0 Å². The number of anilines is 1. The Kier molecular flexibility index (Phi) is 9.63. The molecule has 0 saturated carbocycles. The number of benzene rings is 1. The number of pyridine rings is 1. The van der Waals surface area contributed by atoms with Gasteiger partial charge in [0.2, 0.25) is 5.91 Å². The van der Waals surface area contributed by atoms with Gasteiger partial charge in [-0.15, -0.1) is 0 Å². The maximum absolute atomic E-state index is 13.3. The average Bonchev–Trinajstić information content (AvgIpc) is 2.85. The van der Waals surface area contributed by atoms with Gasteiger partial charge in [-0.3, -0.25) is 19.5 Å². The normalized spacial score (nSPS) is 21.9. The highest BCUT2D eigenvalue weighted by atomic mass is 16.5. The second-order valence-electron chi connectivity index (χ2n) is 9.36. The number of rotatable bonds is 6. The van der Waals surface area contributed by atoms with Crippen LogP contribution in [0.1, 0.15) is 49.7 Å². The van der Waals surface area contributed by atoms with E-state index in [9.17, 15) is 9.59 Å². The quantitative estimate of drug-likeness (QED) is 0.674. The van der Waals surface area contributed by atoms with Crippen LogP contribution in [-0.2, 0) is 16.1 Å². The average molecular weight is 483 g/mol. The summed E-state index contributed by atoms with van der Waals surface area (Å²) in [4.78, 5) is 34.0. The third kappa shape index (κ3) is 7.26. The molecule has 2 aromatic rings. The summed E-state index contributed by atoms with van der Waals surface area (Å²) in [6, 6.07) is 11.2. The Hall–Kier alpha value is -2.97. The maximum atomic E-state index is 13.3. The number of carbonyl (C=O) groups is 2. The van der Waals surface area contributed by atoms with E-state index in [1.807, 2.05) is 25.1 Å². The first-order valence-electron chi connectivity index (χ1n) is 12.3. The summed E-state index contributed by atoms with van der Waals surface area (Å²) in [6.45, 7) is 8.51. The maximum Gasteiger partial charge on any atom is 0.257 e. The summed E-state index contributed by atoms with van der Waals surface area (Å²) < 4.78 is 12.1. The second kappa shape index (κ2) is 12.7. The van der Waals surface area contributed by atoms with E-state index in [1.54, 1.807) is 43.5 Å². The van der Waals surface area contributed by atoms with Crippen molar-refractivity contribution in [2.75, 3.05) is 39.2 Å². The van der Waals surface area contributed by atoms with E-state index >= 15 is 0 Å². The number of fused-ring (bicyclic) bond motifs is 1. The molecule has 0 radical (unpaired) electrons. The molecule has 0 spiro atoms. The highest BCUT2D eigenvalue weighted by Gasteiger charge is 2.28. The largest absolute Gasteiger partial charge is 0.491 e. The van der Waals surface area contributed by atoms with E-state index in [0.29, 0.717) is 43.1 Å². The van der Waals surface area contributed by atoms with Crippen LogP contribution in [0.3, 0.4) is 0 Å². The van der Waals surface area contributed by atoms with Gasteiger partial charge in [-0.05, 0) is 43.5 Å². The lowest BCUT2D eigenvalue weighted by molar-refractivity contribution is -0.116. The molecule has 3 atom stereocenters. The molecule has 8 nitrogen and oxygen atoms in total. The summed E-state index contributed by atoms with van der Waals surface area (Å²) in [5.74, 6) is 0.440. The number of aromatic nitrogens is 1. The van der Waals surface area contributed by atoms with E-state index in [2.05, 4.69) is 29.0 Å². The van der Waals surface area contributed by atoms with Gasteiger partial charge in [-0.2, -0.15) is 0 Å². The molecule has 190 valence electrons. The number of hydrogen-bond acceptors (Lipinski definition) is 6. The molecule has 3 rings (SSSR count). The van der Waals surface area contributed by atoms with Crippen molar-refractivity contribution >= 4 is 17.5 Å². The molecule has 1 aliphatic rings. The number of carbonyl (C=O) groups excluding carboxylic acids is 2. The number of nitrogens with zero attached hydrogens (tertiary/aromatic N) is 3. The molecule has 1 aromatic carbocycles. The summed E-state index contributed by atoms with van der Waals surface area (Å²) in [5, 5.41) is 2.90. The lowest BCUT2D eigenvalue weighted by atomic mass is 10.0. The van der Waals surface area contributed by atoms with E-state index in [4.69, 9.17) is 9.47 Å². The number of hydrogen-bond donors (Lipinski definition) is 1. The summed E-state index contributed by atoms with van der Waals surface area (Å²) in [7, 11) is 3.47. The van der Waals surface area contributed by atoms with Crippen LogP contribution in [0.5, 0.6) is 5.75 Å². The van der Waals surface area contributed by atoms with Gasteiger partial charge < -0.3 is 19.7 Å². The van der Waals surface area contributed by atoms with E-state index in [-0.39, 0.29) is 29.9 Å². The standard InChI is InChI=1S/C27H38N4O4/c1-6-9-26(32)29-21-11-12-23-24(14-21)35-18-20(3)31(16-22-10-7-8-13-28-22)15-19(2)25(34-5)17-30(4)27(23)33/h7-8,10-14,19-20,25H,6,9,15-18H2,1-5H3,(H,29,32)/t19-,20+,25-/m1/s1. The molecule has 2 amide bonds. The first kappa shape index (κ1) is 26.6. The Balaban J connectivity index is 1.92. The lowest BCUT2D eigenvalue weighted by Crippen LogP contribution is -2.46. The minimum Gasteiger partial charge on any atom is -0.491 e. The van der Waals surface area contributed by atoms with Gasteiger partial charge in [0.15, 0.2) is 0 Å². The minimum absolute atomic E-state index is 0.0513. The van der Waals surface area contributed by atoms with Crippen molar-refractivity contribution in [2.24, 2.45) is 5.92 Å². The van der Waals surface area contributed by atoms with Crippen LogP contribution in [0.2, 0.25) is 0 Å². The van der Waals surface area contributed by atoms with Gasteiger partial charge in [-0.25, -0.2) is 0 Å².